The Morgan fingerprint density at radius 2 is 2.14 bits per heavy atom. The molecule has 0 saturated carbocycles. The molecule has 37 heavy (non-hydrogen) atoms. The lowest BCUT2D eigenvalue weighted by atomic mass is 10.0. The third kappa shape index (κ3) is 6.32. The number of alkyl halides is 2. The van der Waals surface area contributed by atoms with E-state index in [-0.39, 0.29) is 37.9 Å². The first-order valence-corrected chi connectivity index (χ1v) is 13.0. The maximum Gasteiger partial charge on any atom is 0.316 e. The highest BCUT2D eigenvalue weighted by atomic mass is 35.5. The molecule has 12 heteroatoms. The maximum absolute atomic E-state index is 13.5. The van der Waals surface area contributed by atoms with Crippen molar-refractivity contribution in [2.45, 2.75) is 30.8 Å². The van der Waals surface area contributed by atoms with Gasteiger partial charge in [-0.05, 0) is 13.0 Å². The van der Waals surface area contributed by atoms with Gasteiger partial charge in [0.05, 0.1) is 54.1 Å². The first-order valence-electron chi connectivity index (χ1n) is 11.7. The van der Waals surface area contributed by atoms with E-state index < -0.39 is 5.92 Å². The van der Waals surface area contributed by atoms with Crippen LogP contribution in [0, 0.1) is 11.3 Å². The van der Waals surface area contributed by atoms with Crippen LogP contribution in [0.1, 0.15) is 24.6 Å². The van der Waals surface area contributed by atoms with E-state index in [1.807, 2.05) is 0 Å². The Bertz CT molecular complexity index is 1270. The number of ether oxygens (including phenoxy) is 3. The highest BCUT2D eigenvalue weighted by molar-refractivity contribution is 7.99. The fourth-order valence-electron chi connectivity index (χ4n) is 4.17. The number of fused-ring (bicyclic) bond motifs is 1. The number of aromatic nitrogens is 2. The van der Waals surface area contributed by atoms with Gasteiger partial charge < -0.3 is 14.2 Å². The van der Waals surface area contributed by atoms with Crippen LogP contribution >= 0.6 is 23.4 Å². The van der Waals surface area contributed by atoms with Gasteiger partial charge in [-0.25, -0.2) is 18.7 Å². The summed E-state index contributed by atoms with van der Waals surface area (Å²) >= 11 is 7.76. The molecule has 1 aliphatic carbocycles. The number of allylic oxidation sites excluding steroid dienone is 2. The summed E-state index contributed by atoms with van der Waals surface area (Å²) in [4.78, 5) is 22.7. The Morgan fingerprint density at radius 1 is 1.32 bits per heavy atom. The molecular weight excluding hydrogens is 526 g/mol. The number of hydrogen-bond donors (Lipinski definition) is 0. The molecule has 0 spiro atoms. The molecule has 196 valence electrons. The number of thioether (sulfide) groups is 1. The number of carbonyl (C=O) groups is 1. The summed E-state index contributed by atoms with van der Waals surface area (Å²) < 4.78 is 43.3. The monoisotopic (exact) mass is 550 g/mol. The van der Waals surface area contributed by atoms with Crippen LogP contribution in [0.3, 0.4) is 0 Å². The number of methoxy groups -OCH3 is 1. The minimum Gasteiger partial charge on any atom is -0.493 e. The van der Waals surface area contributed by atoms with E-state index in [1.165, 1.54) is 7.11 Å². The lowest BCUT2D eigenvalue weighted by Crippen LogP contribution is -2.29. The van der Waals surface area contributed by atoms with Gasteiger partial charge in [-0.1, -0.05) is 29.4 Å². The summed E-state index contributed by atoms with van der Waals surface area (Å²) in [5.74, 6) is -2.29. The number of hydrogen-bond acceptors (Lipinski definition) is 9. The highest BCUT2D eigenvalue weighted by Crippen LogP contribution is 2.43. The van der Waals surface area contributed by atoms with Gasteiger partial charge in [-0.3, -0.25) is 9.69 Å². The summed E-state index contributed by atoms with van der Waals surface area (Å²) in [7, 11) is 1.47. The van der Waals surface area contributed by atoms with Crippen LogP contribution in [0.5, 0.6) is 11.5 Å². The third-order valence-corrected chi connectivity index (χ3v) is 7.03. The van der Waals surface area contributed by atoms with Crippen molar-refractivity contribution in [3.05, 3.63) is 34.5 Å². The first kappa shape index (κ1) is 27.1. The molecule has 1 fully saturated rings. The molecule has 0 unspecified atom stereocenters. The highest BCUT2D eigenvalue weighted by Gasteiger charge is 2.37. The van der Waals surface area contributed by atoms with Gasteiger partial charge in [0.25, 0.3) is 5.92 Å². The van der Waals surface area contributed by atoms with Crippen molar-refractivity contribution in [3.63, 3.8) is 0 Å². The second-order valence-electron chi connectivity index (χ2n) is 8.42. The van der Waals surface area contributed by atoms with Gasteiger partial charge in [-0.15, -0.1) is 0 Å². The fourth-order valence-corrected chi connectivity index (χ4v) is 5.08. The van der Waals surface area contributed by atoms with Gasteiger partial charge in [-0.2, -0.15) is 5.26 Å². The molecule has 0 N–H and O–H groups in total. The number of halogens is 3. The predicted octanol–water partition coefficient (Wildman–Crippen LogP) is 4.64. The normalized spacial score (nSPS) is 16.2. The molecule has 0 bridgehead atoms. The number of likely N-dealkylation sites (tertiary alicyclic amines) is 1. The van der Waals surface area contributed by atoms with Gasteiger partial charge in [0.15, 0.2) is 16.7 Å². The van der Waals surface area contributed by atoms with Crippen molar-refractivity contribution < 1.29 is 27.8 Å². The second-order valence-corrected chi connectivity index (χ2v) is 9.77. The van der Waals surface area contributed by atoms with E-state index in [0.717, 1.165) is 11.8 Å². The van der Waals surface area contributed by atoms with Crippen LogP contribution in [0.25, 0.3) is 16.8 Å². The summed E-state index contributed by atoms with van der Waals surface area (Å²) in [6.07, 6.45) is 2.05. The average molecular weight is 551 g/mol. The molecule has 1 aliphatic heterocycles. The molecule has 2 aromatic rings. The fraction of sp³-hybridized carbons (Fsp3) is 0.440. The SMILES string of the molecule is CCOC(=O)CSc1nc2c(c(-c3cc(OCCN4CCC(F)(F)C4)c(OC)cc3Cl)n1)C(C#N)=CC2. The van der Waals surface area contributed by atoms with Gasteiger partial charge in [0, 0.05) is 43.1 Å². The topological polar surface area (TPSA) is 97.6 Å². The molecule has 1 saturated heterocycles. The number of esters is 1. The van der Waals surface area contributed by atoms with Crippen molar-refractivity contribution in [2.75, 3.05) is 45.7 Å². The smallest absolute Gasteiger partial charge is 0.316 e. The van der Waals surface area contributed by atoms with Crippen molar-refractivity contribution in [1.82, 2.24) is 14.9 Å². The summed E-state index contributed by atoms with van der Waals surface area (Å²) in [5, 5.41) is 10.3. The van der Waals surface area contributed by atoms with Crippen LogP contribution in [0.2, 0.25) is 5.02 Å². The van der Waals surface area contributed by atoms with Crippen molar-refractivity contribution in [2.24, 2.45) is 0 Å². The lowest BCUT2D eigenvalue weighted by molar-refractivity contribution is -0.139. The molecule has 1 aromatic heterocycles. The van der Waals surface area contributed by atoms with E-state index in [4.69, 9.17) is 25.8 Å². The molecule has 8 nitrogen and oxygen atoms in total. The molecule has 0 atom stereocenters. The summed E-state index contributed by atoms with van der Waals surface area (Å²) in [6.45, 7) is 2.52. The van der Waals surface area contributed by atoms with Crippen molar-refractivity contribution >= 4 is 34.9 Å². The number of nitrogens with zero attached hydrogens (tertiary/aromatic N) is 4. The van der Waals surface area contributed by atoms with Gasteiger partial charge in [0.1, 0.15) is 6.61 Å². The first-order chi connectivity index (χ1) is 17.7. The standard InChI is InChI=1S/C25H25ClF2N4O4S/c1-3-35-21(33)13-37-24-30-18-5-4-15(12-29)22(18)23(31-24)16-10-20(19(34-2)11-17(16)26)36-9-8-32-7-6-25(27,28)14-32/h4,10-11H,3,5-9,13-14H2,1-2H3. The van der Waals surface area contributed by atoms with Crippen molar-refractivity contribution in [1.29, 1.82) is 5.26 Å². The Morgan fingerprint density at radius 3 is 2.81 bits per heavy atom. The quantitative estimate of drug-likeness (QED) is 0.238. The lowest BCUT2D eigenvalue weighted by Gasteiger charge is -2.18. The molecule has 0 amide bonds. The van der Waals surface area contributed by atoms with Crippen LogP contribution in [0.4, 0.5) is 8.78 Å². The Labute approximate surface area is 222 Å². The molecular formula is C25H25ClF2N4O4S. The van der Waals surface area contributed by atoms with E-state index in [1.54, 1.807) is 30.0 Å². The Kier molecular flexibility index (Phi) is 8.52. The molecule has 4 rings (SSSR count). The Balaban J connectivity index is 1.64. The number of rotatable bonds is 10. The van der Waals surface area contributed by atoms with E-state index >= 15 is 0 Å². The largest absolute Gasteiger partial charge is 0.493 e. The zero-order valence-corrected chi connectivity index (χ0v) is 21.9. The van der Waals surface area contributed by atoms with Crippen LogP contribution in [-0.4, -0.2) is 72.5 Å². The number of nitriles is 1. The van der Waals surface area contributed by atoms with Crippen LogP contribution in [0.15, 0.2) is 23.4 Å². The third-order valence-electron chi connectivity index (χ3n) is 5.90. The van der Waals surface area contributed by atoms with E-state index in [9.17, 15) is 18.8 Å². The molecule has 2 aliphatic rings. The average Bonchev–Trinajstić information content (AvgIpc) is 3.45. The minimum absolute atomic E-state index is 0.0326. The number of benzene rings is 1. The van der Waals surface area contributed by atoms with Gasteiger partial charge >= 0.3 is 5.97 Å². The predicted molar refractivity (Wildman–Crippen MR) is 135 cm³/mol. The van der Waals surface area contributed by atoms with E-state index in [0.29, 0.717) is 69.3 Å². The summed E-state index contributed by atoms with van der Waals surface area (Å²) in [6, 6.07) is 5.43. The van der Waals surface area contributed by atoms with Gasteiger partial charge in [0.2, 0.25) is 0 Å². The minimum atomic E-state index is -2.67. The summed E-state index contributed by atoms with van der Waals surface area (Å²) in [5.41, 5.74) is 2.57. The maximum atomic E-state index is 13.5. The molecule has 1 aromatic carbocycles. The van der Waals surface area contributed by atoms with Crippen LogP contribution < -0.4 is 9.47 Å². The number of carbonyl (C=O) groups excluding carboxylic acids is 1. The van der Waals surface area contributed by atoms with Crippen molar-refractivity contribution in [3.8, 4) is 28.8 Å². The molecule has 2 heterocycles. The zero-order valence-electron chi connectivity index (χ0n) is 20.4. The second kappa shape index (κ2) is 11.6. The molecule has 0 radical (unpaired) electrons. The van der Waals surface area contributed by atoms with E-state index in [2.05, 4.69) is 16.0 Å². The Hall–Kier alpha value is -2.94. The van der Waals surface area contributed by atoms with Crippen LogP contribution in [-0.2, 0) is 16.0 Å². The zero-order chi connectivity index (χ0) is 26.6.